The van der Waals surface area contributed by atoms with Crippen molar-refractivity contribution in [1.29, 1.82) is 10.5 Å². The van der Waals surface area contributed by atoms with Crippen molar-refractivity contribution in [3.05, 3.63) is 0 Å². The lowest BCUT2D eigenvalue weighted by molar-refractivity contribution is 0.389. The van der Waals surface area contributed by atoms with Crippen LogP contribution >= 0.6 is 0 Å². The summed E-state index contributed by atoms with van der Waals surface area (Å²) in [6, 6.07) is 4.61. The maximum atomic E-state index is 8.82. The van der Waals surface area contributed by atoms with Gasteiger partial charge in [-0.15, -0.1) is 0 Å². The fraction of sp³-hybridized carbons (Fsp3) is 0.846. The Balaban J connectivity index is 3.59. The largest absolute Gasteiger partial charge is 0.198 e. The van der Waals surface area contributed by atoms with Crippen molar-refractivity contribution in [2.45, 2.75) is 59.8 Å². The molecule has 0 spiro atoms. The minimum atomic E-state index is -0.190. The van der Waals surface area contributed by atoms with E-state index in [9.17, 15) is 0 Å². The molecule has 0 saturated carbocycles. The Morgan fingerprint density at radius 2 is 1.07 bits per heavy atom. The number of hydrogen-bond donors (Lipinski definition) is 0. The Kier molecular flexibility index (Phi) is 5.37. The highest BCUT2D eigenvalue weighted by molar-refractivity contribution is 4.92. The first kappa shape index (κ1) is 14.0. The van der Waals surface area contributed by atoms with Gasteiger partial charge >= 0.3 is 0 Å². The number of hydrogen-bond acceptors (Lipinski definition) is 2. The molecule has 0 aromatic rings. The van der Waals surface area contributed by atoms with Gasteiger partial charge in [-0.2, -0.15) is 10.5 Å². The topological polar surface area (TPSA) is 47.6 Å². The quantitative estimate of drug-likeness (QED) is 0.616. The fourth-order valence-corrected chi connectivity index (χ4v) is 1.42. The van der Waals surface area contributed by atoms with Crippen LogP contribution in [0.2, 0.25) is 0 Å². The number of unbranched alkanes of at least 4 members (excludes halogenated alkanes) is 2. The van der Waals surface area contributed by atoms with E-state index in [4.69, 9.17) is 10.5 Å². The lowest BCUT2D eigenvalue weighted by Gasteiger charge is -2.16. The van der Waals surface area contributed by atoms with Crippen LogP contribution in [0.4, 0.5) is 0 Å². The van der Waals surface area contributed by atoms with E-state index in [2.05, 4.69) is 12.1 Å². The number of nitrogens with zero attached hydrogens (tertiary/aromatic N) is 2. The van der Waals surface area contributed by atoms with Gasteiger partial charge in [0.2, 0.25) is 0 Å². The third kappa shape index (κ3) is 6.97. The zero-order chi connectivity index (χ0) is 11.9. The minimum absolute atomic E-state index is 0.190. The zero-order valence-corrected chi connectivity index (χ0v) is 10.4. The van der Waals surface area contributed by atoms with E-state index in [1.54, 1.807) is 0 Å². The van der Waals surface area contributed by atoms with E-state index in [1.807, 2.05) is 27.7 Å². The second-order valence-electron chi connectivity index (χ2n) is 5.55. The molecule has 0 aliphatic heterocycles. The number of nitriles is 2. The van der Waals surface area contributed by atoms with Crippen molar-refractivity contribution in [3.8, 4) is 12.1 Å². The average molecular weight is 206 g/mol. The van der Waals surface area contributed by atoms with Gasteiger partial charge < -0.3 is 0 Å². The van der Waals surface area contributed by atoms with Crippen LogP contribution in [-0.2, 0) is 0 Å². The Labute approximate surface area is 93.9 Å². The smallest absolute Gasteiger partial charge is 0.0683 e. The van der Waals surface area contributed by atoms with E-state index in [0.29, 0.717) is 0 Å². The minimum Gasteiger partial charge on any atom is -0.198 e. The molecule has 0 aromatic heterocycles. The summed E-state index contributed by atoms with van der Waals surface area (Å²) in [5, 5.41) is 17.6. The summed E-state index contributed by atoms with van der Waals surface area (Å²) in [6.45, 7) is 7.91. The molecule has 0 fully saturated rings. The predicted octanol–water partition coefficient (Wildman–Crippen LogP) is 4.04. The molecule has 0 N–H and O–H groups in total. The van der Waals surface area contributed by atoms with E-state index in [1.165, 1.54) is 0 Å². The van der Waals surface area contributed by atoms with Crippen molar-refractivity contribution in [3.63, 3.8) is 0 Å². The van der Waals surface area contributed by atoms with Gasteiger partial charge in [0.05, 0.1) is 23.0 Å². The lowest BCUT2D eigenvalue weighted by Crippen LogP contribution is -2.09. The van der Waals surface area contributed by atoms with Crippen LogP contribution in [0.1, 0.15) is 59.8 Å². The van der Waals surface area contributed by atoms with E-state index < -0.39 is 0 Å². The highest BCUT2D eigenvalue weighted by atomic mass is 14.3. The molecule has 2 heteroatoms. The standard InChI is InChI=1S/C13H22N2/c1-12(2,10-14)8-6-5-7-9-13(3,4)11-15/h5-9H2,1-4H3. The van der Waals surface area contributed by atoms with Crippen LogP contribution in [0.5, 0.6) is 0 Å². The molecule has 0 rings (SSSR count). The van der Waals surface area contributed by atoms with E-state index in [0.717, 1.165) is 32.1 Å². The average Bonchev–Trinajstić information content (AvgIpc) is 2.17. The predicted molar refractivity (Wildman–Crippen MR) is 61.9 cm³/mol. The van der Waals surface area contributed by atoms with E-state index in [-0.39, 0.29) is 10.8 Å². The monoisotopic (exact) mass is 206 g/mol. The van der Waals surface area contributed by atoms with Crippen molar-refractivity contribution in [2.24, 2.45) is 10.8 Å². The van der Waals surface area contributed by atoms with Crippen LogP contribution in [-0.4, -0.2) is 0 Å². The van der Waals surface area contributed by atoms with Gasteiger partial charge in [0.1, 0.15) is 0 Å². The van der Waals surface area contributed by atoms with Crippen molar-refractivity contribution in [1.82, 2.24) is 0 Å². The molecule has 15 heavy (non-hydrogen) atoms. The molecular formula is C13H22N2. The Hall–Kier alpha value is -1.02. The van der Waals surface area contributed by atoms with Gasteiger partial charge in [0, 0.05) is 0 Å². The molecule has 0 bridgehead atoms. The molecule has 2 nitrogen and oxygen atoms in total. The van der Waals surface area contributed by atoms with Crippen LogP contribution in [0, 0.1) is 33.5 Å². The highest BCUT2D eigenvalue weighted by Crippen LogP contribution is 2.25. The molecule has 0 unspecified atom stereocenters. The van der Waals surface area contributed by atoms with Crippen molar-refractivity contribution >= 4 is 0 Å². The summed E-state index contributed by atoms with van der Waals surface area (Å²) in [6.07, 6.45) is 5.20. The molecule has 84 valence electrons. The van der Waals surface area contributed by atoms with Gasteiger partial charge in [0.15, 0.2) is 0 Å². The molecule has 0 aliphatic carbocycles. The summed E-state index contributed by atoms with van der Waals surface area (Å²) in [7, 11) is 0. The van der Waals surface area contributed by atoms with Crippen LogP contribution in [0.15, 0.2) is 0 Å². The van der Waals surface area contributed by atoms with Crippen molar-refractivity contribution in [2.75, 3.05) is 0 Å². The number of rotatable bonds is 6. The summed E-state index contributed by atoms with van der Waals surface area (Å²) in [5.41, 5.74) is -0.379. The third-order valence-electron chi connectivity index (χ3n) is 2.71. The summed E-state index contributed by atoms with van der Waals surface area (Å²) in [5.74, 6) is 0. The van der Waals surface area contributed by atoms with E-state index >= 15 is 0 Å². The SMILES string of the molecule is CC(C)(C#N)CCCCCC(C)(C)C#N. The Bertz CT molecular complexity index is 235. The molecule has 0 radical (unpaired) electrons. The second kappa shape index (κ2) is 5.76. The fourth-order valence-electron chi connectivity index (χ4n) is 1.42. The van der Waals surface area contributed by atoms with Gasteiger partial charge in [-0.1, -0.05) is 19.3 Å². The first-order chi connectivity index (χ1) is 6.83. The van der Waals surface area contributed by atoms with Gasteiger partial charge in [-0.3, -0.25) is 0 Å². The van der Waals surface area contributed by atoms with Gasteiger partial charge in [-0.25, -0.2) is 0 Å². The maximum absolute atomic E-state index is 8.82. The van der Waals surface area contributed by atoms with Crippen LogP contribution < -0.4 is 0 Å². The molecular weight excluding hydrogens is 184 g/mol. The molecule has 0 atom stereocenters. The third-order valence-corrected chi connectivity index (χ3v) is 2.71. The lowest BCUT2D eigenvalue weighted by atomic mass is 9.86. The van der Waals surface area contributed by atoms with Crippen molar-refractivity contribution < 1.29 is 0 Å². The highest BCUT2D eigenvalue weighted by Gasteiger charge is 2.17. The first-order valence-corrected chi connectivity index (χ1v) is 5.65. The summed E-state index contributed by atoms with van der Waals surface area (Å²) < 4.78 is 0. The van der Waals surface area contributed by atoms with Gasteiger partial charge in [-0.05, 0) is 40.5 Å². The normalized spacial score (nSPS) is 11.9. The zero-order valence-electron chi connectivity index (χ0n) is 10.4. The maximum Gasteiger partial charge on any atom is 0.0683 e. The molecule has 0 aliphatic rings. The summed E-state index contributed by atoms with van der Waals surface area (Å²) >= 11 is 0. The second-order valence-corrected chi connectivity index (χ2v) is 5.55. The Morgan fingerprint density at radius 1 is 0.733 bits per heavy atom. The summed E-state index contributed by atoms with van der Waals surface area (Å²) in [4.78, 5) is 0. The molecule has 0 saturated heterocycles. The molecule has 0 aromatic carbocycles. The molecule has 0 amide bonds. The van der Waals surface area contributed by atoms with Crippen LogP contribution in [0.3, 0.4) is 0 Å². The first-order valence-electron chi connectivity index (χ1n) is 5.65. The van der Waals surface area contributed by atoms with Gasteiger partial charge in [0.25, 0.3) is 0 Å². The Morgan fingerprint density at radius 3 is 1.33 bits per heavy atom. The molecule has 0 heterocycles. The van der Waals surface area contributed by atoms with Crippen LogP contribution in [0.25, 0.3) is 0 Å².